The smallest absolute Gasteiger partial charge is 0.187 e. The van der Waals surface area contributed by atoms with Crippen LogP contribution in [0.3, 0.4) is 0 Å². The molecular formula is C15H19N3O2S. The van der Waals surface area contributed by atoms with E-state index < -0.39 is 10.2 Å². The van der Waals surface area contributed by atoms with E-state index in [1.807, 2.05) is 30.3 Å². The van der Waals surface area contributed by atoms with Gasteiger partial charge in [0.15, 0.2) is 0 Å². The molecule has 0 radical (unpaired) electrons. The van der Waals surface area contributed by atoms with Gasteiger partial charge in [0.2, 0.25) is 0 Å². The fraction of sp³-hybridized carbons (Fsp3) is 0.400. The Labute approximate surface area is 125 Å². The highest BCUT2D eigenvalue weighted by molar-refractivity contribution is 7.87. The van der Waals surface area contributed by atoms with Crippen LogP contribution in [0.25, 0.3) is 11.3 Å². The minimum absolute atomic E-state index is 0.573. The van der Waals surface area contributed by atoms with Crippen LogP contribution in [0.2, 0.25) is 0 Å². The maximum absolute atomic E-state index is 12.6. The van der Waals surface area contributed by atoms with Crippen molar-refractivity contribution in [1.82, 2.24) is 13.5 Å². The summed E-state index contributed by atoms with van der Waals surface area (Å²) < 4.78 is 27.7. The average Bonchev–Trinajstić information content (AvgIpc) is 2.99. The van der Waals surface area contributed by atoms with Crippen molar-refractivity contribution >= 4 is 10.2 Å². The molecule has 0 bridgehead atoms. The molecule has 112 valence electrons. The second-order valence-corrected chi connectivity index (χ2v) is 7.32. The Kier molecular flexibility index (Phi) is 3.82. The Morgan fingerprint density at radius 2 is 1.76 bits per heavy atom. The lowest BCUT2D eigenvalue weighted by molar-refractivity contribution is 0.284. The maximum Gasteiger partial charge on any atom is 0.322 e. The first-order chi connectivity index (χ1) is 10.1. The fourth-order valence-electron chi connectivity index (χ4n) is 2.53. The van der Waals surface area contributed by atoms with Crippen LogP contribution in [0.4, 0.5) is 0 Å². The van der Waals surface area contributed by atoms with E-state index >= 15 is 0 Å². The molecule has 1 saturated heterocycles. The standard InChI is InChI=1S/C15H19N3O2S/c1-13-7-10-17(11-8-13)21(19,20)18-12-9-15(16-18)14-5-3-2-4-6-14/h2-6,9,12-13H,7-8,10-11H2,1H3. The van der Waals surface area contributed by atoms with Gasteiger partial charge >= 0.3 is 10.2 Å². The van der Waals surface area contributed by atoms with Gasteiger partial charge in [-0.05, 0) is 24.8 Å². The van der Waals surface area contributed by atoms with Gasteiger partial charge < -0.3 is 0 Å². The summed E-state index contributed by atoms with van der Waals surface area (Å²) in [6.07, 6.45) is 3.34. The van der Waals surface area contributed by atoms with Crippen molar-refractivity contribution in [3.63, 3.8) is 0 Å². The molecule has 2 heterocycles. The lowest BCUT2D eigenvalue weighted by atomic mass is 10.0. The van der Waals surface area contributed by atoms with Gasteiger partial charge in [-0.3, -0.25) is 0 Å². The van der Waals surface area contributed by atoms with E-state index in [0.29, 0.717) is 24.7 Å². The second-order valence-electron chi connectivity index (χ2n) is 5.53. The molecule has 0 spiro atoms. The molecule has 1 aromatic carbocycles. The van der Waals surface area contributed by atoms with Gasteiger partial charge in [-0.2, -0.15) is 21.9 Å². The van der Waals surface area contributed by atoms with Crippen molar-refractivity contribution in [3.8, 4) is 11.3 Å². The molecule has 0 aliphatic carbocycles. The summed E-state index contributed by atoms with van der Waals surface area (Å²) in [6.45, 7) is 3.30. The van der Waals surface area contributed by atoms with Crippen LogP contribution >= 0.6 is 0 Å². The number of nitrogens with zero attached hydrogens (tertiary/aromatic N) is 3. The molecule has 21 heavy (non-hydrogen) atoms. The van der Waals surface area contributed by atoms with Crippen LogP contribution in [0.5, 0.6) is 0 Å². The summed E-state index contributed by atoms with van der Waals surface area (Å²) in [5.74, 6) is 0.592. The number of rotatable bonds is 3. The molecule has 0 saturated carbocycles. The van der Waals surface area contributed by atoms with Crippen molar-refractivity contribution < 1.29 is 8.42 Å². The Balaban J connectivity index is 1.85. The highest BCUT2D eigenvalue weighted by atomic mass is 32.2. The van der Waals surface area contributed by atoms with Crippen molar-refractivity contribution in [3.05, 3.63) is 42.6 Å². The topological polar surface area (TPSA) is 55.2 Å². The summed E-state index contributed by atoms with van der Waals surface area (Å²) in [7, 11) is -3.53. The summed E-state index contributed by atoms with van der Waals surface area (Å²) >= 11 is 0. The van der Waals surface area contributed by atoms with Crippen molar-refractivity contribution in [1.29, 1.82) is 0 Å². The summed E-state index contributed by atoms with van der Waals surface area (Å²) in [5.41, 5.74) is 1.59. The summed E-state index contributed by atoms with van der Waals surface area (Å²) in [6, 6.07) is 11.3. The molecule has 2 aromatic rings. The number of benzene rings is 1. The van der Waals surface area contributed by atoms with E-state index in [1.54, 1.807) is 6.07 Å². The zero-order chi connectivity index (χ0) is 14.9. The Bertz CT molecular complexity index is 702. The predicted octanol–water partition coefficient (Wildman–Crippen LogP) is 2.37. The van der Waals surface area contributed by atoms with E-state index in [4.69, 9.17) is 0 Å². The van der Waals surface area contributed by atoms with Crippen LogP contribution in [-0.2, 0) is 10.2 Å². The van der Waals surface area contributed by atoms with Crippen molar-refractivity contribution in [2.45, 2.75) is 19.8 Å². The minimum atomic E-state index is -3.53. The molecule has 1 aliphatic rings. The first-order valence-corrected chi connectivity index (χ1v) is 8.59. The lowest BCUT2D eigenvalue weighted by Crippen LogP contribution is -2.41. The molecule has 0 unspecified atom stereocenters. The van der Waals surface area contributed by atoms with E-state index in [9.17, 15) is 8.42 Å². The normalized spacial score (nSPS) is 18.0. The molecular weight excluding hydrogens is 286 g/mol. The quantitative estimate of drug-likeness (QED) is 0.875. The fourth-order valence-corrected chi connectivity index (χ4v) is 3.85. The van der Waals surface area contributed by atoms with Gasteiger partial charge in [0.05, 0.1) is 5.69 Å². The third kappa shape index (κ3) is 2.87. The summed E-state index contributed by atoms with van der Waals surface area (Å²) in [5, 5.41) is 4.23. The first kappa shape index (κ1) is 14.3. The van der Waals surface area contributed by atoms with Gasteiger partial charge in [-0.25, -0.2) is 0 Å². The third-order valence-corrected chi connectivity index (χ3v) is 5.63. The van der Waals surface area contributed by atoms with Gasteiger partial charge in [0, 0.05) is 24.8 Å². The number of hydrogen-bond acceptors (Lipinski definition) is 3. The van der Waals surface area contributed by atoms with Crippen molar-refractivity contribution in [2.24, 2.45) is 5.92 Å². The monoisotopic (exact) mass is 305 g/mol. The van der Waals surface area contributed by atoms with E-state index in [2.05, 4.69) is 12.0 Å². The average molecular weight is 305 g/mol. The van der Waals surface area contributed by atoms with E-state index in [0.717, 1.165) is 22.5 Å². The largest absolute Gasteiger partial charge is 0.322 e. The van der Waals surface area contributed by atoms with Crippen molar-refractivity contribution in [2.75, 3.05) is 13.1 Å². The van der Waals surface area contributed by atoms with E-state index in [1.165, 1.54) is 10.5 Å². The van der Waals surface area contributed by atoms with Gasteiger partial charge in [-0.1, -0.05) is 37.3 Å². The molecule has 1 aromatic heterocycles. The SMILES string of the molecule is CC1CCN(S(=O)(=O)n2ccc(-c3ccccc3)n2)CC1. The minimum Gasteiger partial charge on any atom is -0.187 e. The molecule has 0 N–H and O–H groups in total. The molecule has 1 aliphatic heterocycles. The molecule has 3 rings (SSSR count). The predicted molar refractivity (Wildman–Crippen MR) is 82.0 cm³/mol. The van der Waals surface area contributed by atoms with Crippen LogP contribution in [-0.4, -0.2) is 35.0 Å². The second kappa shape index (κ2) is 5.61. The zero-order valence-corrected chi connectivity index (χ0v) is 12.8. The van der Waals surface area contributed by atoms with Crippen LogP contribution in [0.15, 0.2) is 42.6 Å². The molecule has 0 amide bonds. The molecule has 0 atom stereocenters. The van der Waals surface area contributed by atoms with Crippen LogP contribution < -0.4 is 0 Å². The summed E-state index contributed by atoms with van der Waals surface area (Å²) in [4.78, 5) is 0. The number of piperidine rings is 1. The van der Waals surface area contributed by atoms with Gasteiger partial charge in [-0.15, -0.1) is 0 Å². The van der Waals surface area contributed by atoms with Gasteiger partial charge in [0.25, 0.3) is 0 Å². The molecule has 1 fully saturated rings. The highest BCUT2D eigenvalue weighted by Crippen LogP contribution is 2.21. The number of hydrogen-bond donors (Lipinski definition) is 0. The first-order valence-electron chi connectivity index (χ1n) is 7.19. The maximum atomic E-state index is 12.6. The lowest BCUT2D eigenvalue weighted by Gasteiger charge is -2.28. The molecule has 5 nitrogen and oxygen atoms in total. The third-order valence-electron chi connectivity index (χ3n) is 3.94. The molecule has 6 heteroatoms. The van der Waals surface area contributed by atoms with Crippen LogP contribution in [0.1, 0.15) is 19.8 Å². The van der Waals surface area contributed by atoms with E-state index in [-0.39, 0.29) is 0 Å². The Hall–Kier alpha value is -1.66. The highest BCUT2D eigenvalue weighted by Gasteiger charge is 2.28. The Morgan fingerprint density at radius 3 is 2.43 bits per heavy atom. The van der Waals surface area contributed by atoms with Gasteiger partial charge in [0.1, 0.15) is 0 Å². The number of aromatic nitrogens is 2. The Morgan fingerprint density at radius 1 is 1.10 bits per heavy atom. The zero-order valence-electron chi connectivity index (χ0n) is 12.0. The van der Waals surface area contributed by atoms with Crippen LogP contribution in [0, 0.1) is 5.92 Å².